The molecule has 34 heavy (non-hydrogen) atoms. The minimum Gasteiger partial charge on any atom is -0.497 e. The number of ether oxygens (including phenoxy) is 2. The van der Waals surface area contributed by atoms with E-state index in [0.717, 1.165) is 27.3 Å². The number of nitrogens with zero attached hydrogens (tertiary/aromatic N) is 5. The second-order valence-corrected chi connectivity index (χ2v) is 8.97. The summed E-state index contributed by atoms with van der Waals surface area (Å²) in [4.78, 5) is 26.2. The normalized spacial score (nSPS) is 13.9. The molecule has 8 nitrogen and oxygen atoms in total. The van der Waals surface area contributed by atoms with Crippen LogP contribution in [0.5, 0.6) is 11.5 Å². The number of fused-ring (bicyclic) bond motifs is 1. The van der Waals surface area contributed by atoms with Gasteiger partial charge in [-0.15, -0.1) is 0 Å². The van der Waals surface area contributed by atoms with Crippen LogP contribution in [0.4, 0.5) is 5.82 Å². The van der Waals surface area contributed by atoms with Gasteiger partial charge in [-0.2, -0.15) is 4.37 Å². The van der Waals surface area contributed by atoms with Crippen molar-refractivity contribution in [3.63, 3.8) is 0 Å². The Hall–Kier alpha value is -3.43. The maximum absolute atomic E-state index is 13.2. The van der Waals surface area contributed by atoms with E-state index in [0.29, 0.717) is 48.3 Å². The zero-order valence-electron chi connectivity index (χ0n) is 18.7. The molecule has 1 aliphatic heterocycles. The Labute approximate surface area is 205 Å². The highest BCUT2D eigenvalue weighted by molar-refractivity contribution is 7.14. The Balaban J connectivity index is 1.35. The largest absolute Gasteiger partial charge is 0.497 e. The van der Waals surface area contributed by atoms with Gasteiger partial charge in [0.2, 0.25) is 0 Å². The molecule has 3 heterocycles. The lowest BCUT2D eigenvalue weighted by Gasteiger charge is -2.35. The van der Waals surface area contributed by atoms with Gasteiger partial charge in [0.05, 0.1) is 19.8 Å². The van der Waals surface area contributed by atoms with Gasteiger partial charge in [-0.25, -0.2) is 9.97 Å². The molecular formula is C24H22ClN5O3S. The third kappa shape index (κ3) is 4.12. The number of carbonyl (C=O) groups excluding carboxylic acids is 1. The molecule has 10 heteroatoms. The molecular weight excluding hydrogens is 474 g/mol. The molecule has 0 radical (unpaired) electrons. The maximum atomic E-state index is 13.2. The monoisotopic (exact) mass is 495 g/mol. The third-order valence-corrected chi connectivity index (χ3v) is 6.95. The average Bonchev–Trinajstić information content (AvgIpc) is 3.33. The molecule has 0 spiro atoms. The molecule has 1 fully saturated rings. The van der Waals surface area contributed by atoms with E-state index in [4.69, 9.17) is 21.1 Å². The van der Waals surface area contributed by atoms with E-state index in [1.807, 2.05) is 29.2 Å². The van der Waals surface area contributed by atoms with Crippen molar-refractivity contribution in [1.29, 1.82) is 0 Å². The third-order valence-electron chi connectivity index (χ3n) is 5.86. The molecule has 4 aromatic rings. The fourth-order valence-corrected chi connectivity index (χ4v) is 5.04. The molecule has 0 aliphatic carbocycles. The molecule has 1 saturated heterocycles. The van der Waals surface area contributed by atoms with Gasteiger partial charge in [0, 0.05) is 42.8 Å². The van der Waals surface area contributed by atoms with Crippen molar-refractivity contribution in [1.82, 2.24) is 19.2 Å². The number of rotatable bonds is 5. The van der Waals surface area contributed by atoms with Gasteiger partial charge in [0.15, 0.2) is 5.82 Å². The van der Waals surface area contributed by atoms with E-state index in [9.17, 15) is 4.79 Å². The first-order valence-corrected chi connectivity index (χ1v) is 11.9. The molecule has 2 aromatic heterocycles. The topological polar surface area (TPSA) is 80.7 Å². The van der Waals surface area contributed by atoms with Crippen molar-refractivity contribution in [2.45, 2.75) is 0 Å². The van der Waals surface area contributed by atoms with E-state index in [1.165, 1.54) is 11.5 Å². The number of amides is 1. The number of methoxy groups -OCH3 is 2. The Bertz CT molecular complexity index is 1340. The summed E-state index contributed by atoms with van der Waals surface area (Å²) in [6.45, 7) is 2.46. The van der Waals surface area contributed by atoms with Gasteiger partial charge >= 0.3 is 0 Å². The molecule has 1 amide bonds. The van der Waals surface area contributed by atoms with Crippen LogP contribution in [0, 0.1) is 0 Å². The molecule has 2 aromatic carbocycles. The molecule has 0 N–H and O–H groups in total. The van der Waals surface area contributed by atoms with Crippen LogP contribution in [0.3, 0.4) is 0 Å². The smallest absolute Gasteiger partial charge is 0.257 e. The fraction of sp³-hybridized carbons (Fsp3) is 0.250. The van der Waals surface area contributed by atoms with Crippen molar-refractivity contribution < 1.29 is 14.3 Å². The number of piperazine rings is 1. The molecule has 0 unspecified atom stereocenters. The van der Waals surface area contributed by atoms with E-state index < -0.39 is 0 Å². The molecule has 1 aliphatic rings. The molecule has 174 valence electrons. The standard InChI is InChI=1S/C24H22ClN5O3S/c1-32-17-7-8-18(19(13-17)33-2)24(31)30-11-9-29(10-12-30)23-22-21(26-14-27-23)20(28-34-22)15-3-5-16(25)6-4-15/h3-8,13-14H,9-12H2,1-2H3. The number of anilines is 1. The van der Waals surface area contributed by atoms with Crippen molar-refractivity contribution in [2.24, 2.45) is 0 Å². The number of hydrogen-bond acceptors (Lipinski definition) is 8. The van der Waals surface area contributed by atoms with Gasteiger partial charge < -0.3 is 19.3 Å². The van der Waals surface area contributed by atoms with Crippen molar-refractivity contribution in [3.05, 3.63) is 59.4 Å². The number of benzene rings is 2. The number of hydrogen-bond donors (Lipinski definition) is 0. The summed E-state index contributed by atoms with van der Waals surface area (Å²) in [6.07, 6.45) is 1.57. The van der Waals surface area contributed by atoms with Crippen LogP contribution in [0.1, 0.15) is 10.4 Å². The van der Waals surface area contributed by atoms with E-state index >= 15 is 0 Å². The number of halogens is 1. The second kappa shape index (κ2) is 9.44. The first-order chi connectivity index (χ1) is 16.6. The Morgan fingerprint density at radius 1 is 1.00 bits per heavy atom. The zero-order chi connectivity index (χ0) is 23.7. The SMILES string of the molecule is COc1ccc(C(=O)N2CCN(c3ncnc4c(-c5ccc(Cl)cc5)nsc34)CC2)c(OC)c1. The molecule has 5 rings (SSSR count). The molecule has 0 bridgehead atoms. The molecule has 0 saturated carbocycles. The molecule has 0 atom stereocenters. The van der Waals surface area contributed by atoms with Crippen molar-refractivity contribution >= 4 is 45.1 Å². The van der Waals surface area contributed by atoms with Gasteiger partial charge in [-0.05, 0) is 35.8 Å². The summed E-state index contributed by atoms with van der Waals surface area (Å²) >= 11 is 7.42. The summed E-state index contributed by atoms with van der Waals surface area (Å²) in [5.74, 6) is 1.93. The summed E-state index contributed by atoms with van der Waals surface area (Å²) in [7, 11) is 3.14. The minimum atomic E-state index is -0.0604. The van der Waals surface area contributed by atoms with Crippen LogP contribution >= 0.6 is 23.1 Å². The predicted octanol–water partition coefficient (Wildman–Crippen LogP) is 4.39. The van der Waals surface area contributed by atoms with Crippen LogP contribution in [0.15, 0.2) is 48.8 Å². The van der Waals surface area contributed by atoms with Gasteiger partial charge in [-0.1, -0.05) is 23.7 Å². The van der Waals surface area contributed by atoms with E-state index in [2.05, 4.69) is 19.2 Å². The van der Waals surface area contributed by atoms with Gasteiger partial charge in [0.25, 0.3) is 5.91 Å². The van der Waals surface area contributed by atoms with Gasteiger partial charge in [-0.3, -0.25) is 4.79 Å². The van der Waals surface area contributed by atoms with E-state index in [-0.39, 0.29) is 5.91 Å². The van der Waals surface area contributed by atoms with Crippen molar-refractivity contribution in [3.8, 4) is 22.8 Å². The van der Waals surface area contributed by atoms with Crippen LogP contribution < -0.4 is 14.4 Å². The van der Waals surface area contributed by atoms with Crippen molar-refractivity contribution in [2.75, 3.05) is 45.3 Å². The highest BCUT2D eigenvalue weighted by Crippen LogP contribution is 2.35. The summed E-state index contributed by atoms with van der Waals surface area (Å²) in [5, 5.41) is 0.679. The lowest BCUT2D eigenvalue weighted by Crippen LogP contribution is -2.49. The first-order valence-electron chi connectivity index (χ1n) is 10.7. The Morgan fingerprint density at radius 2 is 1.76 bits per heavy atom. The highest BCUT2D eigenvalue weighted by Gasteiger charge is 2.27. The number of aromatic nitrogens is 3. The second-order valence-electron chi connectivity index (χ2n) is 7.76. The van der Waals surface area contributed by atoms with Crippen LogP contribution in [0.2, 0.25) is 5.02 Å². The summed E-state index contributed by atoms with van der Waals surface area (Å²) in [5.41, 5.74) is 3.12. The van der Waals surface area contributed by atoms with Crippen LogP contribution in [-0.4, -0.2) is 65.5 Å². The van der Waals surface area contributed by atoms with Crippen LogP contribution in [-0.2, 0) is 0 Å². The summed E-state index contributed by atoms with van der Waals surface area (Å²) in [6, 6.07) is 12.8. The van der Waals surface area contributed by atoms with E-state index in [1.54, 1.807) is 38.7 Å². The lowest BCUT2D eigenvalue weighted by molar-refractivity contribution is 0.0743. The fourth-order valence-electron chi connectivity index (χ4n) is 4.04. The van der Waals surface area contributed by atoms with Crippen LogP contribution in [0.25, 0.3) is 21.5 Å². The Morgan fingerprint density at radius 3 is 2.47 bits per heavy atom. The van der Waals surface area contributed by atoms with Gasteiger partial charge in [0.1, 0.15) is 33.7 Å². The summed E-state index contributed by atoms with van der Waals surface area (Å²) < 4.78 is 16.2. The Kier molecular flexibility index (Phi) is 6.21. The minimum absolute atomic E-state index is 0.0604. The maximum Gasteiger partial charge on any atom is 0.257 e. The quantitative estimate of drug-likeness (QED) is 0.406. The lowest BCUT2D eigenvalue weighted by atomic mass is 10.1. The average molecular weight is 496 g/mol. The zero-order valence-corrected chi connectivity index (χ0v) is 20.3. The predicted molar refractivity (Wildman–Crippen MR) is 133 cm³/mol. The first kappa shape index (κ1) is 22.4. The highest BCUT2D eigenvalue weighted by atomic mass is 35.5. The number of carbonyl (C=O) groups is 1.